The maximum Gasteiger partial charge on any atom is 0.410 e. The van der Waals surface area contributed by atoms with Crippen LogP contribution >= 0.6 is 11.6 Å². The molecule has 0 bridgehead atoms. The van der Waals surface area contributed by atoms with Crippen molar-refractivity contribution < 1.29 is 14.3 Å². The van der Waals surface area contributed by atoms with E-state index in [1.165, 1.54) is 0 Å². The summed E-state index contributed by atoms with van der Waals surface area (Å²) in [4.78, 5) is 26.5. The third-order valence-electron chi connectivity index (χ3n) is 2.86. The summed E-state index contributed by atoms with van der Waals surface area (Å²) < 4.78 is 5.29. The van der Waals surface area contributed by atoms with E-state index in [1.54, 1.807) is 16.8 Å². The molecule has 1 fully saturated rings. The number of likely N-dealkylation sites (N-methyl/N-ethyl adjacent to an activating group) is 1. The summed E-state index contributed by atoms with van der Waals surface area (Å²) in [5.41, 5.74) is -0.504. The van der Waals surface area contributed by atoms with Gasteiger partial charge in [0.2, 0.25) is 5.91 Å². The topological polar surface area (TPSA) is 49.9 Å². The molecular weight excluding hydrogens is 256 g/mol. The van der Waals surface area contributed by atoms with Crippen molar-refractivity contribution >= 4 is 23.6 Å². The molecule has 1 saturated heterocycles. The van der Waals surface area contributed by atoms with E-state index in [4.69, 9.17) is 16.3 Å². The number of likely N-dealkylation sites (tertiary alicyclic amines) is 1. The van der Waals surface area contributed by atoms with Gasteiger partial charge in [0.25, 0.3) is 0 Å². The molecule has 1 atom stereocenters. The molecule has 18 heavy (non-hydrogen) atoms. The number of halogens is 1. The number of carbonyl (C=O) groups is 2. The van der Waals surface area contributed by atoms with E-state index in [1.807, 2.05) is 20.8 Å². The highest BCUT2D eigenvalue weighted by Gasteiger charge is 2.32. The first-order valence-corrected chi connectivity index (χ1v) is 6.57. The number of hydrogen-bond donors (Lipinski definition) is 0. The van der Waals surface area contributed by atoms with Gasteiger partial charge in [-0.15, -0.1) is 11.6 Å². The molecule has 0 aromatic heterocycles. The van der Waals surface area contributed by atoms with Crippen LogP contribution in [0.4, 0.5) is 4.79 Å². The molecule has 1 rings (SSSR count). The zero-order chi connectivity index (χ0) is 13.9. The van der Waals surface area contributed by atoms with E-state index in [-0.39, 0.29) is 23.9 Å². The molecule has 5 nitrogen and oxygen atoms in total. The lowest BCUT2D eigenvalue weighted by molar-refractivity contribution is -0.127. The molecule has 0 spiro atoms. The van der Waals surface area contributed by atoms with Gasteiger partial charge >= 0.3 is 6.09 Å². The third-order valence-corrected chi connectivity index (χ3v) is 3.09. The van der Waals surface area contributed by atoms with E-state index in [0.717, 1.165) is 6.42 Å². The first-order chi connectivity index (χ1) is 8.24. The number of nitrogens with zero attached hydrogens (tertiary/aromatic N) is 2. The summed E-state index contributed by atoms with van der Waals surface area (Å²) in [5, 5.41) is 0. The molecule has 2 amide bonds. The standard InChI is InChI=1S/C12H21ClN2O3/c1-12(2,3)18-11(17)14(4)9-5-6-15(8-9)10(16)7-13/h9H,5-8H2,1-4H3. The van der Waals surface area contributed by atoms with E-state index < -0.39 is 5.60 Å². The average Bonchev–Trinajstić information content (AvgIpc) is 2.73. The minimum atomic E-state index is -0.504. The monoisotopic (exact) mass is 276 g/mol. The molecule has 1 unspecified atom stereocenters. The number of hydrogen-bond acceptors (Lipinski definition) is 3. The zero-order valence-corrected chi connectivity index (χ0v) is 12.2. The third kappa shape index (κ3) is 4.05. The van der Waals surface area contributed by atoms with Crippen molar-refractivity contribution in [2.75, 3.05) is 26.0 Å². The predicted molar refractivity (Wildman–Crippen MR) is 69.7 cm³/mol. The Morgan fingerprint density at radius 2 is 2.06 bits per heavy atom. The van der Waals surface area contributed by atoms with Crippen molar-refractivity contribution in [1.82, 2.24) is 9.80 Å². The van der Waals surface area contributed by atoms with Crippen LogP contribution in [0.1, 0.15) is 27.2 Å². The number of ether oxygens (including phenoxy) is 1. The predicted octanol–water partition coefficient (Wildman–Crippen LogP) is 1.69. The van der Waals surface area contributed by atoms with Crippen LogP contribution in [0, 0.1) is 0 Å². The molecule has 6 heteroatoms. The Hall–Kier alpha value is -0.970. The zero-order valence-electron chi connectivity index (χ0n) is 11.4. The lowest BCUT2D eigenvalue weighted by Gasteiger charge is -2.28. The SMILES string of the molecule is CN(C(=O)OC(C)(C)C)C1CCN(C(=O)CCl)C1. The molecule has 1 aliphatic heterocycles. The van der Waals surface area contributed by atoms with Gasteiger partial charge in [-0.05, 0) is 27.2 Å². The van der Waals surface area contributed by atoms with Crippen LogP contribution < -0.4 is 0 Å². The Morgan fingerprint density at radius 3 is 2.56 bits per heavy atom. The lowest BCUT2D eigenvalue weighted by Crippen LogP contribution is -2.42. The van der Waals surface area contributed by atoms with Crippen molar-refractivity contribution in [3.05, 3.63) is 0 Å². The van der Waals surface area contributed by atoms with Crippen LogP contribution in [0.3, 0.4) is 0 Å². The van der Waals surface area contributed by atoms with Gasteiger partial charge in [-0.2, -0.15) is 0 Å². The van der Waals surface area contributed by atoms with E-state index >= 15 is 0 Å². The second kappa shape index (κ2) is 5.78. The fourth-order valence-corrected chi connectivity index (χ4v) is 2.02. The van der Waals surface area contributed by atoms with Crippen LogP contribution in [0.5, 0.6) is 0 Å². The fourth-order valence-electron chi connectivity index (χ4n) is 1.85. The van der Waals surface area contributed by atoms with Crippen LogP contribution in [0.15, 0.2) is 0 Å². The van der Waals surface area contributed by atoms with Gasteiger partial charge in [-0.1, -0.05) is 0 Å². The number of alkyl halides is 1. The van der Waals surface area contributed by atoms with Gasteiger partial charge in [-0.25, -0.2) is 4.79 Å². The smallest absolute Gasteiger partial charge is 0.410 e. The molecule has 0 radical (unpaired) electrons. The lowest BCUT2D eigenvalue weighted by atomic mass is 10.2. The summed E-state index contributed by atoms with van der Waals surface area (Å²) in [7, 11) is 1.70. The minimum absolute atomic E-state index is 0.00650. The molecular formula is C12H21ClN2O3. The van der Waals surface area contributed by atoms with Crippen molar-refractivity contribution in [2.24, 2.45) is 0 Å². The normalized spacial score (nSPS) is 19.8. The van der Waals surface area contributed by atoms with Gasteiger partial charge in [0.05, 0.1) is 6.04 Å². The molecule has 1 aliphatic rings. The maximum absolute atomic E-state index is 11.9. The minimum Gasteiger partial charge on any atom is -0.444 e. The summed E-state index contributed by atoms with van der Waals surface area (Å²) in [6.07, 6.45) is 0.408. The molecule has 0 saturated carbocycles. The van der Waals surface area contributed by atoms with Crippen molar-refractivity contribution in [2.45, 2.75) is 38.8 Å². The quantitative estimate of drug-likeness (QED) is 0.721. The number of amides is 2. The second-order valence-corrected chi connectivity index (χ2v) is 5.77. The highest BCUT2D eigenvalue weighted by Crippen LogP contribution is 2.17. The fraction of sp³-hybridized carbons (Fsp3) is 0.833. The maximum atomic E-state index is 11.9. The van der Waals surface area contributed by atoms with Gasteiger partial charge in [-0.3, -0.25) is 4.79 Å². The molecule has 0 aromatic carbocycles. The molecule has 0 aromatic rings. The van der Waals surface area contributed by atoms with Crippen LogP contribution in [-0.4, -0.2) is 59.5 Å². The van der Waals surface area contributed by atoms with Gasteiger partial charge in [0.1, 0.15) is 11.5 Å². The highest BCUT2D eigenvalue weighted by atomic mass is 35.5. The summed E-state index contributed by atoms with van der Waals surface area (Å²) in [6, 6.07) is 0.00650. The van der Waals surface area contributed by atoms with Crippen molar-refractivity contribution in [3.63, 3.8) is 0 Å². The Bertz CT molecular complexity index is 328. The van der Waals surface area contributed by atoms with Gasteiger partial charge in [0, 0.05) is 20.1 Å². The Balaban J connectivity index is 2.52. The van der Waals surface area contributed by atoms with Crippen molar-refractivity contribution in [1.29, 1.82) is 0 Å². The van der Waals surface area contributed by atoms with Crippen LogP contribution in [0.25, 0.3) is 0 Å². The highest BCUT2D eigenvalue weighted by molar-refractivity contribution is 6.27. The van der Waals surface area contributed by atoms with E-state index in [0.29, 0.717) is 13.1 Å². The first kappa shape index (κ1) is 15.1. The van der Waals surface area contributed by atoms with Gasteiger partial charge in [0.15, 0.2) is 0 Å². The van der Waals surface area contributed by atoms with Crippen LogP contribution in [-0.2, 0) is 9.53 Å². The molecule has 0 N–H and O–H groups in total. The Morgan fingerprint density at radius 1 is 1.44 bits per heavy atom. The number of rotatable bonds is 2. The number of carbonyl (C=O) groups excluding carboxylic acids is 2. The molecule has 104 valence electrons. The second-order valence-electron chi connectivity index (χ2n) is 5.51. The molecule has 1 heterocycles. The van der Waals surface area contributed by atoms with Crippen molar-refractivity contribution in [3.8, 4) is 0 Å². The first-order valence-electron chi connectivity index (χ1n) is 6.04. The Kier molecular flexibility index (Phi) is 4.85. The van der Waals surface area contributed by atoms with Crippen LogP contribution in [0.2, 0.25) is 0 Å². The largest absolute Gasteiger partial charge is 0.444 e. The summed E-state index contributed by atoms with van der Waals surface area (Å²) in [5.74, 6) is -0.0974. The van der Waals surface area contributed by atoms with E-state index in [2.05, 4.69) is 0 Å². The Labute approximate surface area is 113 Å². The summed E-state index contributed by atoms with van der Waals surface area (Å²) in [6.45, 7) is 6.66. The average molecular weight is 277 g/mol. The summed E-state index contributed by atoms with van der Waals surface area (Å²) >= 11 is 5.51. The molecule has 0 aliphatic carbocycles. The van der Waals surface area contributed by atoms with E-state index in [9.17, 15) is 9.59 Å². The van der Waals surface area contributed by atoms with Gasteiger partial charge < -0.3 is 14.5 Å².